The van der Waals surface area contributed by atoms with Crippen molar-refractivity contribution in [1.82, 2.24) is 9.97 Å². The standard InChI is InChI=1S/C14H12N4OS/c19-12(9-17-14-16-7-8-20-14)18-11-5-1-3-10-4-2-6-15-13(10)11/h1-8H,9H2,(H,16,17)(H,18,19). The highest BCUT2D eigenvalue weighted by atomic mass is 32.1. The number of hydrogen-bond donors (Lipinski definition) is 2. The van der Waals surface area contributed by atoms with Crippen LogP contribution in [0, 0.1) is 0 Å². The van der Waals surface area contributed by atoms with Crippen LogP contribution in [0.3, 0.4) is 0 Å². The van der Waals surface area contributed by atoms with Crippen LogP contribution in [0.2, 0.25) is 0 Å². The molecule has 2 N–H and O–H groups in total. The van der Waals surface area contributed by atoms with Crippen LogP contribution in [0.25, 0.3) is 10.9 Å². The third-order valence-corrected chi connectivity index (χ3v) is 3.47. The maximum absolute atomic E-state index is 11.9. The lowest BCUT2D eigenvalue weighted by atomic mass is 10.2. The van der Waals surface area contributed by atoms with Gasteiger partial charge in [0.15, 0.2) is 5.13 Å². The molecule has 0 aliphatic carbocycles. The number of hydrogen-bond acceptors (Lipinski definition) is 5. The first kappa shape index (κ1) is 12.6. The third-order valence-electron chi connectivity index (χ3n) is 2.74. The van der Waals surface area contributed by atoms with Gasteiger partial charge in [-0.15, -0.1) is 11.3 Å². The molecule has 20 heavy (non-hydrogen) atoms. The van der Waals surface area contributed by atoms with Crippen molar-refractivity contribution in [2.45, 2.75) is 0 Å². The van der Waals surface area contributed by atoms with Crippen molar-refractivity contribution in [3.05, 3.63) is 48.1 Å². The summed E-state index contributed by atoms with van der Waals surface area (Å²) in [6.07, 6.45) is 3.41. The molecule has 0 saturated carbocycles. The van der Waals surface area contributed by atoms with Crippen molar-refractivity contribution in [2.75, 3.05) is 17.2 Å². The van der Waals surface area contributed by atoms with E-state index in [1.54, 1.807) is 12.4 Å². The Morgan fingerprint density at radius 3 is 2.90 bits per heavy atom. The molecule has 0 atom stereocenters. The Balaban J connectivity index is 1.71. The number of aromatic nitrogens is 2. The topological polar surface area (TPSA) is 66.9 Å². The molecule has 0 spiro atoms. The van der Waals surface area contributed by atoms with Crippen LogP contribution in [0.15, 0.2) is 48.1 Å². The minimum absolute atomic E-state index is 0.127. The van der Waals surface area contributed by atoms with Crippen molar-refractivity contribution in [3.8, 4) is 0 Å². The lowest BCUT2D eigenvalue weighted by Crippen LogP contribution is -2.21. The van der Waals surface area contributed by atoms with Crippen LogP contribution in [-0.2, 0) is 4.79 Å². The zero-order valence-electron chi connectivity index (χ0n) is 10.5. The lowest BCUT2D eigenvalue weighted by molar-refractivity contribution is -0.114. The van der Waals surface area contributed by atoms with Gasteiger partial charge in [0.2, 0.25) is 5.91 Å². The van der Waals surface area contributed by atoms with E-state index in [4.69, 9.17) is 0 Å². The smallest absolute Gasteiger partial charge is 0.243 e. The van der Waals surface area contributed by atoms with E-state index in [9.17, 15) is 4.79 Å². The molecule has 2 heterocycles. The van der Waals surface area contributed by atoms with E-state index < -0.39 is 0 Å². The summed E-state index contributed by atoms with van der Waals surface area (Å²) in [6, 6.07) is 9.54. The van der Waals surface area contributed by atoms with Gasteiger partial charge in [-0.3, -0.25) is 9.78 Å². The number of benzene rings is 1. The largest absolute Gasteiger partial charge is 0.352 e. The van der Waals surface area contributed by atoms with Gasteiger partial charge in [0.05, 0.1) is 17.7 Å². The number of carbonyl (C=O) groups is 1. The maximum atomic E-state index is 11.9. The second-order valence-corrected chi connectivity index (χ2v) is 5.01. The summed E-state index contributed by atoms with van der Waals surface area (Å²) in [7, 11) is 0. The molecule has 6 heteroatoms. The first-order chi connectivity index (χ1) is 9.83. The number of nitrogens with zero attached hydrogens (tertiary/aromatic N) is 2. The summed E-state index contributed by atoms with van der Waals surface area (Å²) >= 11 is 1.46. The summed E-state index contributed by atoms with van der Waals surface area (Å²) in [5.41, 5.74) is 1.51. The van der Waals surface area contributed by atoms with Gasteiger partial charge in [-0.2, -0.15) is 0 Å². The Labute approximate surface area is 119 Å². The number of thiazole rings is 1. The van der Waals surface area contributed by atoms with Crippen molar-refractivity contribution >= 4 is 39.0 Å². The second kappa shape index (κ2) is 5.66. The summed E-state index contributed by atoms with van der Waals surface area (Å²) in [5, 5.41) is 9.41. The molecule has 0 radical (unpaired) electrons. The highest BCUT2D eigenvalue weighted by molar-refractivity contribution is 7.13. The number of para-hydroxylation sites is 1. The van der Waals surface area contributed by atoms with Gasteiger partial charge < -0.3 is 10.6 Å². The van der Waals surface area contributed by atoms with Gasteiger partial charge in [-0.05, 0) is 12.1 Å². The van der Waals surface area contributed by atoms with Crippen LogP contribution in [0.4, 0.5) is 10.8 Å². The Hall–Kier alpha value is -2.47. The number of rotatable bonds is 4. The molecule has 2 aromatic heterocycles. The zero-order chi connectivity index (χ0) is 13.8. The monoisotopic (exact) mass is 284 g/mol. The van der Waals surface area contributed by atoms with Crippen molar-refractivity contribution in [2.24, 2.45) is 0 Å². The van der Waals surface area contributed by atoms with E-state index in [0.717, 1.165) is 16.0 Å². The highest BCUT2D eigenvalue weighted by Gasteiger charge is 2.06. The molecule has 5 nitrogen and oxygen atoms in total. The van der Waals surface area contributed by atoms with E-state index >= 15 is 0 Å². The van der Waals surface area contributed by atoms with E-state index in [0.29, 0.717) is 5.69 Å². The lowest BCUT2D eigenvalue weighted by Gasteiger charge is -2.08. The molecule has 100 valence electrons. The Morgan fingerprint density at radius 1 is 1.15 bits per heavy atom. The average Bonchev–Trinajstić information content (AvgIpc) is 2.99. The predicted molar refractivity (Wildman–Crippen MR) is 81.0 cm³/mol. The first-order valence-corrected chi connectivity index (χ1v) is 6.98. The van der Waals surface area contributed by atoms with Gasteiger partial charge in [-0.25, -0.2) is 4.98 Å². The molecule has 0 fully saturated rings. The Morgan fingerprint density at radius 2 is 2.05 bits per heavy atom. The Bertz CT molecular complexity index is 722. The molecule has 0 unspecified atom stereocenters. The quantitative estimate of drug-likeness (QED) is 0.773. The molecule has 0 aliphatic rings. The van der Waals surface area contributed by atoms with E-state index in [1.165, 1.54) is 11.3 Å². The van der Waals surface area contributed by atoms with Gasteiger partial charge in [0, 0.05) is 23.2 Å². The summed E-state index contributed by atoms with van der Waals surface area (Å²) in [4.78, 5) is 20.3. The van der Waals surface area contributed by atoms with Crippen molar-refractivity contribution in [1.29, 1.82) is 0 Å². The predicted octanol–water partition coefficient (Wildman–Crippen LogP) is 2.74. The van der Waals surface area contributed by atoms with Crippen LogP contribution >= 0.6 is 11.3 Å². The summed E-state index contributed by atoms with van der Waals surface area (Å²) < 4.78 is 0. The van der Waals surface area contributed by atoms with Gasteiger partial charge in [0.25, 0.3) is 0 Å². The van der Waals surface area contributed by atoms with E-state index in [-0.39, 0.29) is 12.5 Å². The number of fused-ring (bicyclic) bond motifs is 1. The molecule has 0 saturated heterocycles. The number of carbonyl (C=O) groups excluding carboxylic acids is 1. The van der Waals surface area contributed by atoms with Crippen molar-refractivity contribution in [3.63, 3.8) is 0 Å². The molecule has 0 aliphatic heterocycles. The molecular weight excluding hydrogens is 272 g/mol. The molecule has 1 aromatic carbocycles. The number of nitrogens with one attached hydrogen (secondary N) is 2. The van der Waals surface area contributed by atoms with Crippen LogP contribution in [0.5, 0.6) is 0 Å². The normalized spacial score (nSPS) is 10.4. The fourth-order valence-electron chi connectivity index (χ4n) is 1.87. The van der Waals surface area contributed by atoms with E-state index in [1.807, 2.05) is 35.7 Å². The molecule has 3 aromatic rings. The first-order valence-electron chi connectivity index (χ1n) is 6.10. The third kappa shape index (κ3) is 2.75. The average molecular weight is 284 g/mol. The zero-order valence-corrected chi connectivity index (χ0v) is 11.4. The highest BCUT2D eigenvalue weighted by Crippen LogP contribution is 2.20. The van der Waals surface area contributed by atoms with Gasteiger partial charge in [-0.1, -0.05) is 18.2 Å². The van der Waals surface area contributed by atoms with Crippen LogP contribution in [-0.4, -0.2) is 22.4 Å². The fraction of sp³-hybridized carbons (Fsp3) is 0.0714. The minimum atomic E-state index is -0.127. The maximum Gasteiger partial charge on any atom is 0.243 e. The van der Waals surface area contributed by atoms with Gasteiger partial charge >= 0.3 is 0 Å². The van der Waals surface area contributed by atoms with Crippen LogP contribution in [0.1, 0.15) is 0 Å². The number of pyridine rings is 1. The number of amides is 1. The van der Waals surface area contributed by atoms with E-state index in [2.05, 4.69) is 20.6 Å². The Kier molecular flexibility index (Phi) is 3.56. The molecule has 3 rings (SSSR count). The fourth-order valence-corrected chi connectivity index (χ4v) is 2.39. The number of anilines is 2. The minimum Gasteiger partial charge on any atom is -0.352 e. The molecule has 1 amide bonds. The second-order valence-electron chi connectivity index (χ2n) is 4.12. The summed E-state index contributed by atoms with van der Waals surface area (Å²) in [5.74, 6) is -0.127. The van der Waals surface area contributed by atoms with Gasteiger partial charge in [0.1, 0.15) is 0 Å². The van der Waals surface area contributed by atoms with Crippen LogP contribution < -0.4 is 10.6 Å². The molecule has 0 bridgehead atoms. The SMILES string of the molecule is O=C(CNc1nccs1)Nc1cccc2cccnc12. The molecular formula is C14H12N4OS. The summed E-state index contributed by atoms with van der Waals surface area (Å²) in [6.45, 7) is 0.177. The van der Waals surface area contributed by atoms with Crippen molar-refractivity contribution < 1.29 is 4.79 Å².